The first-order chi connectivity index (χ1) is 11.1. The summed E-state index contributed by atoms with van der Waals surface area (Å²) in [6.07, 6.45) is -0.132. The standard InChI is InChI=1S/C15H18N2O6S/c1-9-4-5-11(24(3,21)22)8-12(9)14(19)23-10(2)13(18)17-7-6-16-15(17)20/h4-5,8,10H,6-7H2,1-3H3,(H,16,20)/t10-/m1/s1. The zero-order valence-electron chi connectivity index (χ0n) is 13.5. The number of amides is 3. The first-order valence-electron chi connectivity index (χ1n) is 7.22. The van der Waals surface area contributed by atoms with Gasteiger partial charge in [0, 0.05) is 19.3 Å². The highest BCUT2D eigenvalue weighted by atomic mass is 32.2. The van der Waals surface area contributed by atoms with Gasteiger partial charge in [-0.1, -0.05) is 6.07 Å². The molecule has 1 aromatic rings. The van der Waals surface area contributed by atoms with Crippen LogP contribution in [0.1, 0.15) is 22.8 Å². The van der Waals surface area contributed by atoms with E-state index < -0.39 is 33.8 Å². The van der Waals surface area contributed by atoms with Crippen molar-refractivity contribution in [1.82, 2.24) is 10.2 Å². The molecule has 130 valence electrons. The lowest BCUT2D eigenvalue weighted by Gasteiger charge is -2.18. The molecule has 0 bridgehead atoms. The van der Waals surface area contributed by atoms with Crippen molar-refractivity contribution in [1.29, 1.82) is 0 Å². The molecule has 8 nitrogen and oxygen atoms in total. The van der Waals surface area contributed by atoms with Crippen LogP contribution >= 0.6 is 0 Å². The zero-order chi connectivity index (χ0) is 18.1. The molecular weight excluding hydrogens is 336 g/mol. The molecule has 0 aliphatic carbocycles. The summed E-state index contributed by atoms with van der Waals surface area (Å²) in [4.78, 5) is 36.8. The molecule has 9 heteroatoms. The number of hydrogen-bond donors (Lipinski definition) is 1. The van der Waals surface area contributed by atoms with Gasteiger partial charge < -0.3 is 10.1 Å². The van der Waals surface area contributed by atoms with Crippen molar-refractivity contribution in [2.75, 3.05) is 19.3 Å². The van der Waals surface area contributed by atoms with Crippen LogP contribution in [0.25, 0.3) is 0 Å². The summed E-state index contributed by atoms with van der Waals surface area (Å²) in [5.41, 5.74) is 0.578. The molecule has 1 aromatic carbocycles. The van der Waals surface area contributed by atoms with Crippen LogP contribution in [-0.4, -0.2) is 56.7 Å². The molecule has 0 saturated carbocycles. The number of sulfone groups is 1. The van der Waals surface area contributed by atoms with Gasteiger partial charge in [-0.25, -0.2) is 18.0 Å². The van der Waals surface area contributed by atoms with E-state index in [-0.39, 0.29) is 17.0 Å². The first kappa shape index (κ1) is 17.9. The summed E-state index contributed by atoms with van der Waals surface area (Å²) in [7, 11) is -3.48. The number of aryl methyl sites for hydroxylation is 1. The van der Waals surface area contributed by atoms with Crippen molar-refractivity contribution in [2.45, 2.75) is 24.8 Å². The number of urea groups is 1. The van der Waals surface area contributed by atoms with Gasteiger partial charge in [-0.2, -0.15) is 0 Å². The molecule has 24 heavy (non-hydrogen) atoms. The Morgan fingerprint density at radius 2 is 2.00 bits per heavy atom. The van der Waals surface area contributed by atoms with Crippen LogP contribution in [0.15, 0.2) is 23.1 Å². The van der Waals surface area contributed by atoms with Crippen molar-refractivity contribution in [2.24, 2.45) is 0 Å². The third-order valence-electron chi connectivity index (χ3n) is 3.61. The summed E-state index contributed by atoms with van der Waals surface area (Å²) in [5.74, 6) is -1.45. The van der Waals surface area contributed by atoms with Gasteiger partial charge in [-0.05, 0) is 31.5 Å². The van der Waals surface area contributed by atoms with E-state index in [1.54, 1.807) is 6.92 Å². The number of imide groups is 1. The van der Waals surface area contributed by atoms with E-state index in [9.17, 15) is 22.8 Å². The van der Waals surface area contributed by atoms with E-state index >= 15 is 0 Å². The van der Waals surface area contributed by atoms with Crippen LogP contribution in [0.2, 0.25) is 0 Å². The Bertz CT molecular complexity index is 802. The van der Waals surface area contributed by atoms with Crippen molar-refractivity contribution >= 4 is 27.7 Å². The molecular formula is C15H18N2O6S. The van der Waals surface area contributed by atoms with Crippen LogP contribution in [0.5, 0.6) is 0 Å². The molecule has 1 aliphatic heterocycles. The zero-order valence-corrected chi connectivity index (χ0v) is 14.3. The number of carbonyl (C=O) groups excluding carboxylic acids is 3. The van der Waals surface area contributed by atoms with E-state index in [1.165, 1.54) is 25.1 Å². The van der Waals surface area contributed by atoms with E-state index in [0.717, 1.165) is 11.2 Å². The van der Waals surface area contributed by atoms with Gasteiger partial charge in [-0.15, -0.1) is 0 Å². The Labute approximate surface area is 139 Å². The van der Waals surface area contributed by atoms with Gasteiger partial charge in [0.2, 0.25) is 0 Å². The number of esters is 1. The Morgan fingerprint density at radius 3 is 2.54 bits per heavy atom. The summed E-state index contributed by atoms with van der Waals surface area (Å²) in [6, 6.07) is 3.57. The molecule has 1 heterocycles. The Morgan fingerprint density at radius 1 is 1.33 bits per heavy atom. The lowest BCUT2D eigenvalue weighted by atomic mass is 10.1. The Balaban J connectivity index is 2.17. The molecule has 0 unspecified atom stereocenters. The van der Waals surface area contributed by atoms with Crippen LogP contribution in [-0.2, 0) is 19.4 Å². The number of ether oxygens (including phenoxy) is 1. The maximum absolute atomic E-state index is 12.3. The molecule has 0 spiro atoms. The maximum Gasteiger partial charge on any atom is 0.339 e. The van der Waals surface area contributed by atoms with Gasteiger partial charge in [0.1, 0.15) is 0 Å². The normalized spacial score (nSPS) is 15.8. The van der Waals surface area contributed by atoms with Crippen molar-refractivity contribution in [3.63, 3.8) is 0 Å². The molecule has 1 saturated heterocycles. The fourth-order valence-electron chi connectivity index (χ4n) is 2.23. The highest BCUT2D eigenvalue weighted by molar-refractivity contribution is 7.90. The lowest BCUT2D eigenvalue weighted by molar-refractivity contribution is -0.136. The Hall–Kier alpha value is -2.42. The highest BCUT2D eigenvalue weighted by Crippen LogP contribution is 2.17. The second-order valence-corrected chi connectivity index (χ2v) is 7.53. The topological polar surface area (TPSA) is 110 Å². The van der Waals surface area contributed by atoms with Crippen LogP contribution in [0.4, 0.5) is 4.79 Å². The number of nitrogens with one attached hydrogen (secondary N) is 1. The second kappa shape index (κ2) is 6.60. The fourth-order valence-corrected chi connectivity index (χ4v) is 2.87. The smallest absolute Gasteiger partial charge is 0.339 e. The van der Waals surface area contributed by atoms with Gasteiger partial charge in [0.15, 0.2) is 15.9 Å². The van der Waals surface area contributed by atoms with Gasteiger partial charge in [0.25, 0.3) is 5.91 Å². The number of hydrogen-bond acceptors (Lipinski definition) is 6. The lowest BCUT2D eigenvalue weighted by Crippen LogP contribution is -2.41. The maximum atomic E-state index is 12.3. The minimum Gasteiger partial charge on any atom is -0.449 e. The molecule has 0 aromatic heterocycles. The van der Waals surface area contributed by atoms with Gasteiger partial charge in [0.05, 0.1) is 10.5 Å². The predicted octanol–water partition coefficient (Wildman–Crippen LogP) is 0.496. The van der Waals surface area contributed by atoms with Crippen LogP contribution < -0.4 is 5.32 Å². The quantitative estimate of drug-likeness (QED) is 0.788. The van der Waals surface area contributed by atoms with E-state index in [1.807, 2.05) is 0 Å². The average molecular weight is 354 g/mol. The number of rotatable bonds is 4. The van der Waals surface area contributed by atoms with E-state index in [4.69, 9.17) is 4.74 Å². The minimum absolute atomic E-state index is 0.0158. The predicted molar refractivity (Wildman–Crippen MR) is 84.3 cm³/mol. The fraction of sp³-hybridized carbons (Fsp3) is 0.400. The summed E-state index contributed by atoms with van der Waals surface area (Å²) in [5, 5.41) is 2.48. The second-order valence-electron chi connectivity index (χ2n) is 5.52. The van der Waals surface area contributed by atoms with Crippen molar-refractivity contribution in [3.05, 3.63) is 29.3 Å². The largest absolute Gasteiger partial charge is 0.449 e. The summed E-state index contributed by atoms with van der Waals surface area (Å²) < 4.78 is 28.3. The Kier molecular flexibility index (Phi) is 4.93. The van der Waals surface area contributed by atoms with E-state index in [2.05, 4.69) is 5.32 Å². The molecule has 2 rings (SSSR count). The number of nitrogens with zero attached hydrogens (tertiary/aromatic N) is 1. The number of carbonyl (C=O) groups is 3. The van der Waals surface area contributed by atoms with Crippen LogP contribution in [0.3, 0.4) is 0 Å². The number of benzene rings is 1. The third-order valence-corrected chi connectivity index (χ3v) is 4.72. The van der Waals surface area contributed by atoms with Gasteiger partial charge >= 0.3 is 12.0 Å². The highest BCUT2D eigenvalue weighted by Gasteiger charge is 2.32. The third kappa shape index (κ3) is 3.73. The van der Waals surface area contributed by atoms with Gasteiger partial charge in [-0.3, -0.25) is 9.69 Å². The molecule has 1 fully saturated rings. The monoisotopic (exact) mass is 354 g/mol. The summed E-state index contributed by atoms with van der Waals surface area (Å²) >= 11 is 0. The first-order valence-corrected chi connectivity index (χ1v) is 9.11. The summed E-state index contributed by atoms with van der Waals surface area (Å²) in [6.45, 7) is 3.55. The molecule has 3 amide bonds. The molecule has 0 radical (unpaired) electrons. The van der Waals surface area contributed by atoms with Crippen molar-refractivity contribution in [3.8, 4) is 0 Å². The molecule has 1 atom stereocenters. The SMILES string of the molecule is Cc1ccc(S(C)(=O)=O)cc1C(=O)O[C@H](C)C(=O)N1CCNC1=O. The minimum atomic E-state index is -3.48. The molecule has 1 aliphatic rings. The van der Waals surface area contributed by atoms with Crippen LogP contribution in [0, 0.1) is 6.92 Å². The average Bonchev–Trinajstić information content (AvgIpc) is 2.91. The van der Waals surface area contributed by atoms with Crippen molar-refractivity contribution < 1.29 is 27.5 Å². The molecule has 1 N–H and O–H groups in total. The van der Waals surface area contributed by atoms with E-state index in [0.29, 0.717) is 12.1 Å².